The van der Waals surface area contributed by atoms with Gasteiger partial charge in [-0.1, -0.05) is 0 Å². The SMILES string of the molecule is O=P([O-])([O-])OF.[Cu+2]. The van der Waals surface area contributed by atoms with Crippen molar-refractivity contribution in [2.24, 2.45) is 0 Å². The Morgan fingerprint density at radius 3 is 1.71 bits per heavy atom. The first-order valence-electron chi connectivity index (χ1n) is 0.885. The summed E-state index contributed by atoms with van der Waals surface area (Å²) in [6.07, 6.45) is 0. The third-order valence-electron chi connectivity index (χ3n) is 0.0845. The summed E-state index contributed by atoms with van der Waals surface area (Å²) in [7, 11) is -5.31. The van der Waals surface area contributed by atoms with Crippen LogP contribution in [0, 0.1) is 0 Å². The van der Waals surface area contributed by atoms with E-state index in [0.717, 1.165) is 0 Å². The van der Waals surface area contributed by atoms with Gasteiger partial charge < -0.3 is 14.4 Å². The molecule has 0 aromatic carbocycles. The van der Waals surface area contributed by atoms with Gasteiger partial charge in [0.25, 0.3) is 0 Å². The quantitative estimate of drug-likeness (QED) is 0.369. The van der Waals surface area contributed by atoms with Crippen LogP contribution in [0.15, 0.2) is 0 Å². The smallest absolute Gasteiger partial charge is 0.787 e. The Labute approximate surface area is 49.3 Å². The van der Waals surface area contributed by atoms with Crippen LogP contribution >= 0.6 is 7.82 Å². The second-order valence-electron chi connectivity index (χ2n) is 0.516. The predicted octanol–water partition coefficient (Wildman–Crippen LogP) is -1.29. The summed E-state index contributed by atoms with van der Waals surface area (Å²) in [5.74, 6) is 0. The van der Waals surface area contributed by atoms with Crippen LogP contribution in [0.3, 0.4) is 0 Å². The summed E-state index contributed by atoms with van der Waals surface area (Å²) >= 11 is 0. The molecule has 0 atom stereocenters. The van der Waals surface area contributed by atoms with Crippen LogP contribution in [0.4, 0.5) is 4.53 Å². The second-order valence-corrected chi connectivity index (χ2v) is 1.55. The molecule has 0 aliphatic rings. The van der Waals surface area contributed by atoms with Crippen molar-refractivity contribution in [2.75, 3.05) is 0 Å². The minimum Gasteiger partial charge on any atom is -0.787 e. The van der Waals surface area contributed by atoms with Gasteiger partial charge in [-0.05, 0) is 4.53 Å². The van der Waals surface area contributed by atoms with Gasteiger partial charge in [-0.15, -0.1) is 0 Å². The first-order valence-corrected chi connectivity index (χ1v) is 2.35. The monoisotopic (exact) mass is 177 g/mol. The molecule has 0 unspecified atom stereocenters. The molecule has 0 saturated carbocycles. The maximum absolute atomic E-state index is 10.1. The van der Waals surface area contributed by atoms with E-state index in [9.17, 15) is 4.53 Å². The van der Waals surface area contributed by atoms with E-state index >= 15 is 0 Å². The van der Waals surface area contributed by atoms with E-state index in [2.05, 4.69) is 0 Å². The van der Waals surface area contributed by atoms with Crippen LogP contribution in [0.1, 0.15) is 0 Å². The summed E-state index contributed by atoms with van der Waals surface area (Å²) in [6, 6.07) is 0. The van der Waals surface area contributed by atoms with E-state index in [1.807, 2.05) is 4.73 Å². The van der Waals surface area contributed by atoms with Crippen molar-refractivity contribution < 1.29 is 40.7 Å². The molecular formula is CuFO4P. The fourth-order valence-corrected chi connectivity index (χ4v) is 0. The van der Waals surface area contributed by atoms with E-state index in [-0.39, 0.29) is 17.1 Å². The summed E-state index contributed by atoms with van der Waals surface area (Å²) in [5.41, 5.74) is 0. The van der Waals surface area contributed by atoms with Crippen molar-refractivity contribution >= 4 is 7.82 Å². The van der Waals surface area contributed by atoms with Crippen LogP contribution in [0.2, 0.25) is 0 Å². The van der Waals surface area contributed by atoms with Crippen LogP contribution < -0.4 is 9.79 Å². The van der Waals surface area contributed by atoms with Crippen LogP contribution in [0.5, 0.6) is 0 Å². The van der Waals surface area contributed by atoms with Gasteiger partial charge in [-0.25, -0.2) is 0 Å². The molecule has 47 valence electrons. The number of rotatable bonds is 1. The molecule has 0 aliphatic heterocycles. The molecule has 0 rings (SSSR count). The normalized spacial score (nSPS) is 10.1. The minimum atomic E-state index is -5.31. The van der Waals surface area contributed by atoms with Crippen LogP contribution in [-0.4, -0.2) is 0 Å². The van der Waals surface area contributed by atoms with Gasteiger partial charge in [0.05, 0.1) is 0 Å². The maximum Gasteiger partial charge on any atom is 2.00 e. The molecule has 0 heterocycles. The molecule has 0 spiro atoms. The Morgan fingerprint density at radius 2 is 1.71 bits per heavy atom. The largest absolute Gasteiger partial charge is 2.00 e. The first kappa shape index (κ1) is 10.5. The fourth-order valence-electron chi connectivity index (χ4n) is 0. The molecule has 0 aliphatic carbocycles. The molecule has 0 bridgehead atoms. The second kappa shape index (κ2) is 3.55. The van der Waals surface area contributed by atoms with Gasteiger partial charge in [0.1, 0.15) is 7.82 Å². The third-order valence-corrected chi connectivity index (χ3v) is 0.254. The number of hydrogen-bond acceptors (Lipinski definition) is 4. The number of phosphoric acid groups is 1. The van der Waals surface area contributed by atoms with Gasteiger partial charge in [-0.2, -0.15) is 4.73 Å². The fraction of sp³-hybridized carbons (Fsp3) is 0. The van der Waals surface area contributed by atoms with Crippen molar-refractivity contribution in [1.82, 2.24) is 0 Å². The van der Waals surface area contributed by atoms with Crippen molar-refractivity contribution in [3.8, 4) is 0 Å². The summed E-state index contributed by atoms with van der Waals surface area (Å²) in [5, 5.41) is 0. The Kier molecular flexibility index (Phi) is 5.33. The average molecular weight is 178 g/mol. The van der Waals surface area contributed by atoms with Crippen molar-refractivity contribution in [3.05, 3.63) is 0 Å². The predicted molar refractivity (Wildman–Crippen MR) is 9.80 cm³/mol. The topological polar surface area (TPSA) is 72.4 Å². The van der Waals surface area contributed by atoms with E-state index < -0.39 is 7.82 Å². The van der Waals surface area contributed by atoms with E-state index in [4.69, 9.17) is 14.4 Å². The van der Waals surface area contributed by atoms with Crippen molar-refractivity contribution in [2.45, 2.75) is 0 Å². The molecule has 0 N–H and O–H groups in total. The number of hydrogen-bond donors (Lipinski definition) is 0. The van der Waals surface area contributed by atoms with E-state index in [0.29, 0.717) is 0 Å². The van der Waals surface area contributed by atoms with Crippen molar-refractivity contribution in [3.63, 3.8) is 0 Å². The van der Waals surface area contributed by atoms with Crippen LogP contribution in [-0.2, 0) is 26.4 Å². The molecule has 0 aromatic heterocycles. The Balaban J connectivity index is 0. The maximum atomic E-state index is 10.1. The molecule has 7 heteroatoms. The average Bonchev–Trinajstić information content (AvgIpc) is 1.35. The molecule has 1 radical (unpaired) electrons. The Morgan fingerprint density at radius 1 is 1.57 bits per heavy atom. The molecule has 0 saturated heterocycles. The van der Waals surface area contributed by atoms with Gasteiger partial charge in [0, 0.05) is 0 Å². The molecular weight excluding hydrogens is 178 g/mol. The van der Waals surface area contributed by atoms with E-state index in [1.165, 1.54) is 0 Å². The zero-order chi connectivity index (χ0) is 5.21. The zero-order valence-corrected chi connectivity index (χ0v) is 4.60. The minimum absolute atomic E-state index is 0. The molecule has 4 nitrogen and oxygen atoms in total. The first-order chi connectivity index (χ1) is 2.56. The van der Waals surface area contributed by atoms with Gasteiger partial charge in [0.2, 0.25) is 0 Å². The molecule has 0 aromatic rings. The van der Waals surface area contributed by atoms with Gasteiger partial charge in [-0.3, -0.25) is 0 Å². The zero-order valence-electron chi connectivity index (χ0n) is 2.76. The van der Waals surface area contributed by atoms with Crippen LogP contribution in [0.25, 0.3) is 0 Å². The Hall–Kier alpha value is 0.559. The van der Waals surface area contributed by atoms with Gasteiger partial charge >= 0.3 is 17.1 Å². The summed E-state index contributed by atoms with van der Waals surface area (Å²) in [6.45, 7) is 0. The van der Waals surface area contributed by atoms with Crippen molar-refractivity contribution in [1.29, 1.82) is 0 Å². The van der Waals surface area contributed by atoms with E-state index in [1.54, 1.807) is 0 Å². The number of halogens is 1. The standard InChI is InChI=1S/Cu.FH2O4P/c;1-5-6(2,3)4/h;(H2,2,3,4)/q+2;/p-2. The van der Waals surface area contributed by atoms with Gasteiger partial charge in [0.15, 0.2) is 0 Å². The molecule has 0 fully saturated rings. The molecule has 7 heavy (non-hydrogen) atoms. The molecule has 0 amide bonds. The Bertz CT molecular complexity index is 75.8. The summed E-state index contributed by atoms with van der Waals surface area (Å²) < 4.78 is 20.9. The summed E-state index contributed by atoms with van der Waals surface area (Å²) in [4.78, 5) is 17.8. The third kappa shape index (κ3) is 10.8.